The lowest BCUT2D eigenvalue weighted by Crippen LogP contribution is -2.00. The minimum absolute atomic E-state index is 0.560. The number of hydrogen-bond donors (Lipinski definition) is 2. The Morgan fingerprint density at radius 1 is 1.20 bits per heavy atom. The van der Waals surface area contributed by atoms with E-state index in [-0.39, 0.29) is 0 Å². The molecule has 0 bridgehead atoms. The van der Waals surface area contributed by atoms with Crippen molar-refractivity contribution in [2.75, 3.05) is 5.32 Å². The first-order valence-electron chi connectivity index (χ1n) is 6.26. The van der Waals surface area contributed by atoms with E-state index in [0.29, 0.717) is 17.1 Å². The number of nitrogens with zero attached hydrogens (tertiary/aromatic N) is 1. The van der Waals surface area contributed by atoms with Crippen LogP contribution >= 0.6 is 11.6 Å². The van der Waals surface area contributed by atoms with Crippen LogP contribution in [-0.2, 0) is 6.54 Å². The summed E-state index contributed by atoms with van der Waals surface area (Å²) in [6.45, 7) is 0.681. The number of aromatic amines is 1. The minimum atomic E-state index is 0.560. The van der Waals surface area contributed by atoms with Crippen LogP contribution in [0.15, 0.2) is 48.7 Å². The highest BCUT2D eigenvalue weighted by atomic mass is 35.5. The summed E-state index contributed by atoms with van der Waals surface area (Å²) in [5.74, 6) is 0. The highest BCUT2D eigenvalue weighted by Gasteiger charge is 2.04. The Balaban J connectivity index is 1.83. The summed E-state index contributed by atoms with van der Waals surface area (Å²) >= 11 is 6.15. The van der Waals surface area contributed by atoms with Gasteiger partial charge in [0.25, 0.3) is 0 Å². The first-order chi connectivity index (χ1) is 9.78. The van der Waals surface area contributed by atoms with Crippen LogP contribution in [0.1, 0.15) is 11.1 Å². The van der Waals surface area contributed by atoms with Crippen molar-refractivity contribution in [1.82, 2.24) is 4.98 Å². The van der Waals surface area contributed by atoms with Crippen molar-refractivity contribution in [3.05, 3.63) is 64.8 Å². The summed E-state index contributed by atoms with van der Waals surface area (Å²) in [4.78, 5) is 3.19. The fourth-order valence-corrected chi connectivity index (χ4v) is 2.47. The van der Waals surface area contributed by atoms with Gasteiger partial charge in [0.1, 0.15) is 0 Å². The van der Waals surface area contributed by atoms with Gasteiger partial charge in [0.15, 0.2) is 0 Å². The molecule has 4 heteroatoms. The highest BCUT2D eigenvalue weighted by molar-refractivity contribution is 6.33. The fraction of sp³-hybridized carbons (Fsp3) is 0.0625. The van der Waals surface area contributed by atoms with Crippen molar-refractivity contribution in [2.45, 2.75) is 6.54 Å². The number of halogens is 1. The van der Waals surface area contributed by atoms with Gasteiger partial charge in [-0.1, -0.05) is 23.7 Å². The van der Waals surface area contributed by atoms with E-state index in [4.69, 9.17) is 16.9 Å². The first kappa shape index (κ1) is 12.6. The topological polar surface area (TPSA) is 51.6 Å². The number of nitriles is 1. The van der Waals surface area contributed by atoms with Crippen LogP contribution in [0.4, 0.5) is 5.69 Å². The lowest BCUT2D eigenvalue weighted by molar-refractivity contribution is 1.17. The number of fused-ring (bicyclic) bond motifs is 1. The Hall–Kier alpha value is -2.44. The van der Waals surface area contributed by atoms with E-state index in [1.807, 2.05) is 24.4 Å². The van der Waals surface area contributed by atoms with Gasteiger partial charge in [0.05, 0.1) is 22.3 Å². The molecule has 20 heavy (non-hydrogen) atoms. The molecule has 3 nitrogen and oxygen atoms in total. The molecule has 0 radical (unpaired) electrons. The van der Waals surface area contributed by atoms with Gasteiger partial charge in [0, 0.05) is 23.6 Å². The zero-order valence-electron chi connectivity index (χ0n) is 10.7. The van der Waals surface area contributed by atoms with Crippen LogP contribution in [0.3, 0.4) is 0 Å². The average Bonchev–Trinajstić information content (AvgIpc) is 2.95. The third kappa shape index (κ3) is 2.34. The molecule has 0 spiro atoms. The van der Waals surface area contributed by atoms with Gasteiger partial charge in [-0.05, 0) is 35.9 Å². The van der Waals surface area contributed by atoms with E-state index in [0.717, 1.165) is 11.2 Å². The second-order valence-corrected chi connectivity index (χ2v) is 4.92. The fourth-order valence-electron chi connectivity index (χ4n) is 2.22. The number of hydrogen-bond acceptors (Lipinski definition) is 2. The predicted octanol–water partition coefficient (Wildman–Crippen LogP) is 4.31. The van der Waals surface area contributed by atoms with Crippen LogP contribution in [0, 0.1) is 11.3 Å². The summed E-state index contributed by atoms with van der Waals surface area (Å²) in [5.41, 5.74) is 3.71. The van der Waals surface area contributed by atoms with E-state index in [1.165, 1.54) is 10.9 Å². The number of rotatable bonds is 3. The molecule has 2 aromatic carbocycles. The smallest absolute Gasteiger partial charge is 0.0992 e. The normalized spacial score (nSPS) is 10.4. The molecule has 0 aliphatic carbocycles. The molecular formula is C16H12ClN3. The minimum Gasteiger partial charge on any atom is -0.380 e. The molecule has 3 rings (SSSR count). The Kier molecular flexibility index (Phi) is 3.32. The lowest BCUT2D eigenvalue weighted by Gasteiger charge is -2.09. The van der Waals surface area contributed by atoms with Gasteiger partial charge < -0.3 is 10.3 Å². The summed E-state index contributed by atoms with van der Waals surface area (Å²) in [6, 6.07) is 15.5. The Morgan fingerprint density at radius 3 is 2.90 bits per heavy atom. The number of nitrogens with one attached hydrogen (secondary N) is 2. The summed E-state index contributed by atoms with van der Waals surface area (Å²) in [6.07, 6.45) is 1.93. The monoisotopic (exact) mass is 281 g/mol. The largest absolute Gasteiger partial charge is 0.380 e. The second kappa shape index (κ2) is 5.28. The molecule has 2 N–H and O–H groups in total. The Bertz CT molecular complexity index is 799. The number of anilines is 1. The molecule has 0 fully saturated rings. The van der Waals surface area contributed by atoms with Crippen LogP contribution in [0.2, 0.25) is 5.02 Å². The van der Waals surface area contributed by atoms with Crippen molar-refractivity contribution >= 4 is 28.2 Å². The first-order valence-corrected chi connectivity index (χ1v) is 6.64. The maximum Gasteiger partial charge on any atom is 0.0992 e. The average molecular weight is 282 g/mol. The van der Waals surface area contributed by atoms with Crippen LogP contribution < -0.4 is 5.32 Å². The Labute approximate surface area is 121 Å². The van der Waals surface area contributed by atoms with Gasteiger partial charge in [-0.3, -0.25) is 0 Å². The van der Waals surface area contributed by atoms with Crippen molar-refractivity contribution < 1.29 is 0 Å². The molecule has 0 aliphatic heterocycles. The van der Waals surface area contributed by atoms with Crippen molar-refractivity contribution in [3.63, 3.8) is 0 Å². The maximum atomic E-state index is 8.82. The SMILES string of the molecule is N#Cc1ccc(NCc2cccc3[nH]ccc23)c(Cl)c1. The molecule has 0 saturated heterocycles. The molecule has 1 heterocycles. The van der Waals surface area contributed by atoms with E-state index < -0.39 is 0 Å². The molecular weight excluding hydrogens is 270 g/mol. The Morgan fingerprint density at radius 2 is 2.10 bits per heavy atom. The van der Waals surface area contributed by atoms with E-state index in [2.05, 4.69) is 28.5 Å². The molecule has 0 amide bonds. The van der Waals surface area contributed by atoms with E-state index in [9.17, 15) is 0 Å². The number of benzene rings is 2. The van der Waals surface area contributed by atoms with Crippen LogP contribution in [0.5, 0.6) is 0 Å². The zero-order chi connectivity index (χ0) is 13.9. The predicted molar refractivity (Wildman–Crippen MR) is 81.8 cm³/mol. The van der Waals surface area contributed by atoms with Gasteiger partial charge >= 0.3 is 0 Å². The maximum absolute atomic E-state index is 8.82. The summed E-state index contributed by atoms with van der Waals surface area (Å²) in [5, 5.41) is 13.9. The van der Waals surface area contributed by atoms with Gasteiger partial charge in [-0.25, -0.2) is 0 Å². The van der Waals surface area contributed by atoms with E-state index in [1.54, 1.807) is 12.1 Å². The lowest BCUT2D eigenvalue weighted by atomic mass is 10.1. The van der Waals surface area contributed by atoms with Gasteiger partial charge in [0.2, 0.25) is 0 Å². The number of H-pyrrole nitrogens is 1. The van der Waals surface area contributed by atoms with Crippen LogP contribution in [-0.4, -0.2) is 4.98 Å². The third-order valence-electron chi connectivity index (χ3n) is 3.25. The molecule has 0 aliphatic rings. The van der Waals surface area contributed by atoms with Crippen molar-refractivity contribution in [3.8, 4) is 6.07 Å². The second-order valence-electron chi connectivity index (χ2n) is 4.52. The quantitative estimate of drug-likeness (QED) is 0.752. The molecule has 3 aromatic rings. The molecule has 1 aromatic heterocycles. The molecule has 0 unspecified atom stereocenters. The van der Waals surface area contributed by atoms with Crippen molar-refractivity contribution in [1.29, 1.82) is 5.26 Å². The van der Waals surface area contributed by atoms with Gasteiger partial charge in [-0.15, -0.1) is 0 Å². The summed E-state index contributed by atoms with van der Waals surface area (Å²) < 4.78 is 0. The zero-order valence-corrected chi connectivity index (χ0v) is 11.4. The third-order valence-corrected chi connectivity index (χ3v) is 3.57. The number of aromatic nitrogens is 1. The molecule has 0 atom stereocenters. The molecule has 0 saturated carbocycles. The standard InChI is InChI=1S/C16H12ClN3/c17-14-8-11(9-18)4-5-16(14)20-10-12-2-1-3-15-13(12)6-7-19-15/h1-8,19-20H,10H2. The summed E-state index contributed by atoms with van der Waals surface area (Å²) in [7, 11) is 0. The highest BCUT2D eigenvalue weighted by Crippen LogP contribution is 2.24. The molecule has 98 valence electrons. The van der Waals surface area contributed by atoms with Crippen molar-refractivity contribution in [2.24, 2.45) is 0 Å². The van der Waals surface area contributed by atoms with E-state index >= 15 is 0 Å². The van der Waals surface area contributed by atoms with Gasteiger partial charge in [-0.2, -0.15) is 5.26 Å². The van der Waals surface area contributed by atoms with Crippen LogP contribution in [0.25, 0.3) is 10.9 Å².